The maximum absolute atomic E-state index is 3.69. The van der Waals surface area contributed by atoms with Gasteiger partial charge in [0.2, 0.25) is 0 Å². The second-order valence-corrected chi connectivity index (χ2v) is 7.06. The highest BCUT2D eigenvalue weighted by atomic mass is 15.2. The molecule has 0 spiro atoms. The first kappa shape index (κ1) is 14.3. The molecule has 2 aliphatic rings. The van der Waals surface area contributed by atoms with Gasteiger partial charge < -0.3 is 10.2 Å². The van der Waals surface area contributed by atoms with Gasteiger partial charge in [0.1, 0.15) is 0 Å². The van der Waals surface area contributed by atoms with Crippen molar-refractivity contribution in [2.24, 2.45) is 17.8 Å². The van der Waals surface area contributed by atoms with E-state index in [0.717, 1.165) is 23.8 Å². The van der Waals surface area contributed by atoms with E-state index in [1.54, 1.807) is 0 Å². The van der Waals surface area contributed by atoms with Gasteiger partial charge in [-0.25, -0.2) is 0 Å². The number of hydrogen-bond donors (Lipinski definition) is 1. The normalized spacial score (nSPS) is 35.0. The number of piperazine rings is 1. The zero-order valence-electron chi connectivity index (χ0n) is 12.6. The molecule has 2 fully saturated rings. The van der Waals surface area contributed by atoms with E-state index in [0.29, 0.717) is 0 Å². The topological polar surface area (TPSA) is 15.3 Å². The Morgan fingerprint density at radius 2 is 2.00 bits per heavy atom. The van der Waals surface area contributed by atoms with Crippen LogP contribution in [0.2, 0.25) is 0 Å². The van der Waals surface area contributed by atoms with Crippen LogP contribution in [0.5, 0.6) is 0 Å². The number of rotatable bonds is 4. The molecule has 106 valence electrons. The maximum atomic E-state index is 3.69. The van der Waals surface area contributed by atoms with E-state index in [-0.39, 0.29) is 0 Å². The molecule has 1 heterocycles. The Labute approximate surface area is 114 Å². The van der Waals surface area contributed by atoms with Crippen LogP contribution in [-0.2, 0) is 0 Å². The maximum Gasteiger partial charge on any atom is 0.0198 e. The van der Waals surface area contributed by atoms with E-state index in [2.05, 4.69) is 31.0 Å². The third-order valence-electron chi connectivity index (χ3n) is 4.88. The molecule has 0 aromatic heterocycles. The van der Waals surface area contributed by atoms with Gasteiger partial charge in [-0.15, -0.1) is 0 Å². The molecule has 2 nitrogen and oxygen atoms in total. The number of nitrogens with zero attached hydrogens (tertiary/aromatic N) is 1. The first-order valence-corrected chi connectivity index (χ1v) is 8.11. The largest absolute Gasteiger partial charge is 0.311 e. The second kappa shape index (κ2) is 6.91. The van der Waals surface area contributed by atoms with E-state index in [1.807, 2.05) is 0 Å². The zero-order chi connectivity index (χ0) is 13.0. The summed E-state index contributed by atoms with van der Waals surface area (Å²) in [6, 6.07) is 0.734. The molecular weight excluding hydrogens is 220 g/mol. The van der Waals surface area contributed by atoms with Crippen molar-refractivity contribution in [1.29, 1.82) is 0 Å². The summed E-state index contributed by atoms with van der Waals surface area (Å²) in [4.78, 5) is 2.73. The standard InChI is InChI=1S/C16H32N2/c1-13(2)10-16-12-18(9-8-17-16)11-15-7-5-4-6-14(15)3/h13-17H,4-12H2,1-3H3. The molecule has 0 bridgehead atoms. The van der Waals surface area contributed by atoms with E-state index in [9.17, 15) is 0 Å². The van der Waals surface area contributed by atoms with Crippen LogP contribution >= 0.6 is 0 Å². The van der Waals surface area contributed by atoms with E-state index in [4.69, 9.17) is 0 Å². The van der Waals surface area contributed by atoms with Crippen molar-refractivity contribution in [3.8, 4) is 0 Å². The monoisotopic (exact) mass is 252 g/mol. The Balaban J connectivity index is 1.77. The molecule has 0 amide bonds. The lowest BCUT2D eigenvalue weighted by atomic mass is 9.80. The van der Waals surface area contributed by atoms with Gasteiger partial charge in [0.05, 0.1) is 0 Å². The fourth-order valence-electron chi connectivity index (χ4n) is 3.78. The Morgan fingerprint density at radius 1 is 1.22 bits per heavy atom. The van der Waals surface area contributed by atoms with Gasteiger partial charge in [-0.05, 0) is 30.6 Å². The Morgan fingerprint density at radius 3 is 2.72 bits per heavy atom. The summed E-state index contributed by atoms with van der Waals surface area (Å²) in [5.41, 5.74) is 0. The Kier molecular flexibility index (Phi) is 5.50. The van der Waals surface area contributed by atoms with Crippen LogP contribution in [0.3, 0.4) is 0 Å². The smallest absolute Gasteiger partial charge is 0.0198 e. The van der Waals surface area contributed by atoms with Crippen molar-refractivity contribution in [2.75, 3.05) is 26.2 Å². The van der Waals surface area contributed by atoms with Crippen LogP contribution in [0.25, 0.3) is 0 Å². The predicted octanol–water partition coefficient (Wildman–Crippen LogP) is 3.13. The average molecular weight is 252 g/mol. The fourth-order valence-corrected chi connectivity index (χ4v) is 3.78. The van der Waals surface area contributed by atoms with Gasteiger partial charge in [-0.3, -0.25) is 0 Å². The fraction of sp³-hybridized carbons (Fsp3) is 1.00. The highest BCUT2D eigenvalue weighted by Gasteiger charge is 2.26. The van der Waals surface area contributed by atoms with Gasteiger partial charge >= 0.3 is 0 Å². The van der Waals surface area contributed by atoms with Gasteiger partial charge in [0.15, 0.2) is 0 Å². The molecule has 0 aromatic carbocycles. The second-order valence-electron chi connectivity index (χ2n) is 7.06. The lowest BCUT2D eigenvalue weighted by molar-refractivity contribution is 0.124. The Hall–Kier alpha value is -0.0800. The lowest BCUT2D eigenvalue weighted by Crippen LogP contribution is -2.52. The summed E-state index contributed by atoms with van der Waals surface area (Å²) in [5.74, 6) is 2.74. The number of hydrogen-bond acceptors (Lipinski definition) is 2. The van der Waals surface area contributed by atoms with Gasteiger partial charge in [-0.2, -0.15) is 0 Å². The molecule has 0 aromatic rings. The zero-order valence-corrected chi connectivity index (χ0v) is 12.6. The average Bonchev–Trinajstić information content (AvgIpc) is 2.32. The third-order valence-corrected chi connectivity index (χ3v) is 4.88. The molecule has 1 N–H and O–H groups in total. The van der Waals surface area contributed by atoms with E-state index >= 15 is 0 Å². The molecular formula is C16H32N2. The van der Waals surface area contributed by atoms with Crippen molar-refractivity contribution in [3.05, 3.63) is 0 Å². The molecule has 1 saturated carbocycles. The minimum atomic E-state index is 0.734. The van der Waals surface area contributed by atoms with Gasteiger partial charge in [0.25, 0.3) is 0 Å². The summed E-state index contributed by atoms with van der Waals surface area (Å²) in [7, 11) is 0. The van der Waals surface area contributed by atoms with Crippen LogP contribution in [-0.4, -0.2) is 37.1 Å². The van der Waals surface area contributed by atoms with Gasteiger partial charge in [-0.1, -0.05) is 40.0 Å². The third kappa shape index (κ3) is 4.24. The lowest BCUT2D eigenvalue weighted by Gasteiger charge is -2.39. The summed E-state index contributed by atoms with van der Waals surface area (Å²) in [6.45, 7) is 12.2. The van der Waals surface area contributed by atoms with Crippen LogP contribution in [0.15, 0.2) is 0 Å². The SMILES string of the molecule is CC(C)CC1CN(CC2CCCCC2C)CCN1. The molecule has 1 aliphatic carbocycles. The van der Waals surface area contributed by atoms with Crippen molar-refractivity contribution in [1.82, 2.24) is 10.2 Å². The van der Waals surface area contributed by atoms with Crippen molar-refractivity contribution >= 4 is 0 Å². The quantitative estimate of drug-likeness (QED) is 0.827. The minimum absolute atomic E-state index is 0.734. The van der Waals surface area contributed by atoms with Crippen LogP contribution < -0.4 is 5.32 Å². The Bertz CT molecular complexity index is 239. The first-order chi connectivity index (χ1) is 8.65. The summed E-state index contributed by atoms with van der Waals surface area (Å²) >= 11 is 0. The molecule has 2 heteroatoms. The first-order valence-electron chi connectivity index (χ1n) is 8.11. The van der Waals surface area contributed by atoms with Crippen molar-refractivity contribution in [3.63, 3.8) is 0 Å². The molecule has 0 radical (unpaired) electrons. The van der Waals surface area contributed by atoms with Crippen LogP contribution in [0, 0.1) is 17.8 Å². The van der Waals surface area contributed by atoms with E-state index < -0.39 is 0 Å². The molecule has 2 rings (SSSR count). The molecule has 3 unspecified atom stereocenters. The van der Waals surface area contributed by atoms with Crippen LogP contribution in [0.4, 0.5) is 0 Å². The summed E-state index contributed by atoms with van der Waals surface area (Å²) in [6.07, 6.45) is 7.20. The van der Waals surface area contributed by atoms with Crippen molar-refractivity contribution < 1.29 is 0 Å². The van der Waals surface area contributed by atoms with Gasteiger partial charge in [0, 0.05) is 32.2 Å². The van der Waals surface area contributed by atoms with Crippen LogP contribution in [0.1, 0.15) is 52.9 Å². The summed E-state index contributed by atoms with van der Waals surface area (Å²) in [5, 5.41) is 3.69. The van der Waals surface area contributed by atoms with E-state index in [1.165, 1.54) is 58.3 Å². The molecule has 3 atom stereocenters. The highest BCUT2D eigenvalue weighted by Crippen LogP contribution is 2.30. The summed E-state index contributed by atoms with van der Waals surface area (Å²) < 4.78 is 0. The molecule has 1 saturated heterocycles. The number of nitrogens with one attached hydrogen (secondary N) is 1. The highest BCUT2D eigenvalue weighted by molar-refractivity contribution is 4.82. The minimum Gasteiger partial charge on any atom is -0.311 e. The molecule has 18 heavy (non-hydrogen) atoms. The predicted molar refractivity (Wildman–Crippen MR) is 78.8 cm³/mol. The van der Waals surface area contributed by atoms with Crippen molar-refractivity contribution in [2.45, 2.75) is 58.9 Å². The molecule has 1 aliphatic heterocycles.